The Labute approximate surface area is 150 Å². The van der Waals surface area contributed by atoms with Crippen LogP contribution in [0.25, 0.3) is 0 Å². The van der Waals surface area contributed by atoms with Crippen LogP contribution in [0.4, 0.5) is 0 Å². The maximum Gasteiger partial charge on any atom is 0.251 e. The molecule has 0 radical (unpaired) electrons. The molecule has 1 aromatic carbocycles. The highest BCUT2D eigenvalue weighted by atomic mass is 32.2. The number of ether oxygens (including phenoxy) is 1. The average Bonchev–Trinajstić information content (AvgIpc) is 3.12. The molecule has 1 saturated carbocycles. The average molecular weight is 359 g/mol. The van der Waals surface area contributed by atoms with Crippen LogP contribution in [-0.4, -0.2) is 27.7 Å². The van der Waals surface area contributed by atoms with E-state index in [-0.39, 0.29) is 23.8 Å². The van der Waals surface area contributed by atoms with Crippen LogP contribution in [0.2, 0.25) is 0 Å². The highest BCUT2D eigenvalue weighted by Crippen LogP contribution is 2.18. The molecule has 0 spiro atoms. The number of nitrogens with one attached hydrogen (secondary N) is 2. The second kappa shape index (κ2) is 8.71. The summed E-state index contributed by atoms with van der Waals surface area (Å²) in [7, 11) is 0. The highest BCUT2D eigenvalue weighted by Gasteiger charge is 2.17. The molecule has 1 amide bonds. The summed E-state index contributed by atoms with van der Waals surface area (Å²) < 4.78 is 5.61. The van der Waals surface area contributed by atoms with E-state index in [1.165, 1.54) is 30.7 Å². The van der Waals surface area contributed by atoms with Crippen molar-refractivity contribution in [3.63, 3.8) is 0 Å². The number of aromatic nitrogens is 2. The number of carbonyl (C=O) groups excluding carboxylic acids is 1. The van der Waals surface area contributed by atoms with Gasteiger partial charge in [0, 0.05) is 12.1 Å². The minimum atomic E-state index is -0.250. The van der Waals surface area contributed by atoms with Crippen LogP contribution in [-0.2, 0) is 11.4 Å². The maximum atomic E-state index is 12.0. The van der Waals surface area contributed by atoms with Crippen LogP contribution < -0.4 is 15.6 Å². The first-order valence-corrected chi connectivity index (χ1v) is 9.38. The van der Waals surface area contributed by atoms with Crippen LogP contribution in [0.5, 0.6) is 5.75 Å². The summed E-state index contributed by atoms with van der Waals surface area (Å²) in [5.41, 5.74) is 0.284. The summed E-state index contributed by atoms with van der Waals surface area (Å²) >= 11 is 1.23. The molecule has 7 heteroatoms. The fraction of sp³-hybridized carbons (Fsp3) is 0.389. The molecule has 0 saturated heterocycles. The first-order chi connectivity index (χ1) is 12.2. The lowest BCUT2D eigenvalue weighted by Crippen LogP contribution is -2.33. The monoisotopic (exact) mass is 359 g/mol. The Hall–Kier alpha value is -2.28. The Morgan fingerprint density at radius 3 is 2.80 bits per heavy atom. The second-order valence-corrected chi connectivity index (χ2v) is 6.95. The molecular formula is C18H21N3O3S. The van der Waals surface area contributed by atoms with Crippen molar-refractivity contribution in [1.29, 1.82) is 0 Å². The number of nitrogens with zero attached hydrogens (tertiary/aromatic N) is 1. The molecule has 6 nitrogen and oxygen atoms in total. The van der Waals surface area contributed by atoms with Gasteiger partial charge in [-0.25, -0.2) is 4.98 Å². The molecule has 0 bridgehead atoms. The third-order valence-corrected chi connectivity index (χ3v) is 4.84. The van der Waals surface area contributed by atoms with Crippen molar-refractivity contribution in [2.24, 2.45) is 0 Å². The van der Waals surface area contributed by atoms with E-state index in [2.05, 4.69) is 15.3 Å². The number of hydrogen-bond acceptors (Lipinski definition) is 5. The Kier molecular flexibility index (Phi) is 6.11. The van der Waals surface area contributed by atoms with Gasteiger partial charge in [0.1, 0.15) is 12.4 Å². The Balaban J connectivity index is 1.53. The van der Waals surface area contributed by atoms with Crippen molar-refractivity contribution in [1.82, 2.24) is 15.3 Å². The van der Waals surface area contributed by atoms with Gasteiger partial charge in [0.15, 0.2) is 5.16 Å². The van der Waals surface area contributed by atoms with Crippen LogP contribution in [0.1, 0.15) is 31.4 Å². The molecule has 2 aromatic rings. The van der Waals surface area contributed by atoms with Gasteiger partial charge >= 0.3 is 0 Å². The van der Waals surface area contributed by atoms with Crippen molar-refractivity contribution in [3.05, 3.63) is 52.4 Å². The summed E-state index contributed by atoms with van der Waals surface area (Å²) in [6, 6.07) is 11.1. The fourth-order valence-electron chi connectivity index (χ4n) is 2.77. The van der Waals surface area contributed by atoms with E-state index in [0.29, 0.717) is 16.9 Å². The molecule has 2 N–H and O–H groups in total. The van der Waals surface area contributed by atoms with Crippen molar-refractivity contribution in [2.75, 3.05) is 5.75 Å². The summed E-state index contributed by atoms with van der Waals surface area (Å²) in [5, 5.41) is 3.45. The van der Waals surface area contributed by atoms with E-state index in [1.807, 2.05) is 30.3 Å². The van der Waals surface area contributed by atoms with E-state index >= 15 is 0 Å². The first kappa shape index (κ1) is 17.5. The lowest BCUT2D eigenvalue weighted by Gasteiger charge is -2.11. The standard InChI is InChI=1S/C18H21N3O3S/c22-16-10-14(11-24-15-8-2-1-3-9-15)20-18(21-16)25-12-17(23)19-13-6-4-5-7-13/h1-3,8-10,13H,4-7,11-12H2,(H,19,23)(H,20,21,22). The lowest BCUT2D eigenvalue weighted by molar-refractivity contribution is -0.119. The number of amides is 1. The van der Waals surface area contributed by atoms with Gasteiger partial charge in [-0.3, -0.25) is 9.59 Å². The zero-order chi connectivity index (χ0) is 17.5. The van der Waals surface area contributed by atoms with Crippen LogP contribution in [0.3, 0.4) is 0 Å². The number of benzene rings is 1. The van der Waals surface area contributed by atoms with Gasteiger partial charge in [0.05, 0.1) is 11.4 Å². The number of aromatic amines is 1. The molecule has 1 aliphatic carbocycles. The summed E-state index contributed by atoms with van der Waals surface area (Å²) in [6.07, 6.45) is 4.46. The number of H-pyrrole nitrogens is 1. The molecular weight excluding hydrogens is 338 g/mol. The van der Waals surface area contributed by atoms with Crippen molar-refractivity contribution < 1.29 is 9.53 Å². The van der Waals surface area contributed by atoms with Crippen molar-refractivity contribution >= 4 is 17.7 Å². The van der Waals surface area contributed by atoms with Crippen molar-refractivity contribution in [2.45, 2.75) is 43.5 Å². The van der Waals surface area contributed by atoms with Crippen molar-refractivity contribution in [3.8, 4) is 5.75 Å². The zero-order valence-corrected chi connectivity index (χ0v) is 14.7. The smallest absolute Gasteiger partial charge is 0.251 e. The molecule has 132 valence electrons. The molecule has 25 heavy (non-hydrogen) atoms. The first-order valence-electron chi connectivity index (χ1n) is 8.39. The summed E-state index contributed by atoms with van der Waals surface area (Å²) in [6.45, 7) is 0.204. The third kappa shape index (κ3) is 5.63. The van der Waals surface area contributed by atoms with Crippen LogP contribution in [0.15, 0.2) is 46.3 Å². The van der Waals surface area contributed by atoms with E-state index in [4.69, 9.17) is 4.74 Å². The molecule has 0 unspecified atom stereocenters. The van der Waals surface area contributed by atoms with E-state index in [0.717, 1.165) is 18.6 Å². The molecule has 1 fully saturated rings. The van der Waals surface area contributed by atoms with Crippen LogP contribution in [0, 0.1) is 0 Å². The number of hydrogen-bond donors (Lipinski definition) is 2. The molecule has 1 aromatic heterocycles. The van der Waals surface area contributed by atoms with E-state index < -0.39 is 0 Å². The SMILES string of the molecule is O=C(CSc1nc(COc2ccccc2)cc(=O)[nH]1)NC1CCCC1. The number of thioether (sulfide) groups is 1. The van der Waals surface area contributed by atoms with Gasteiger partial charge in [-0.15, -0.1) is 0 Å². The predicted molar refractivity (Wildman–Crippen MR) is 96.8 cm³/mol. The quantitative estimate of drug-likeness (QED) is 0.586. The minimum Gasteiger partial charge on any atom is -0.487 e. The summed E-state index contributed by atoms with van der Waals surface area (Å²) in [5.74, 6) is 0.933. The van der Waals surface area contributed by atoms with Gasteiger partial charge in [-0.1, -0.05) is 42.8 Å². The molecule has 0 aliphatic heterocycles. The van der Waals surface area contributed by atoms with Gasteiger partial charge in [0.2, 0.25) is 5.91 Å². The topological polar surface area (TPSA) is 84.1 Å². The van der Waals surface area contributed by atoms with Crippen LogP contribution >= 0.6 is 11.8 Å². The Morgan fingerprint density at radius 2 is 2.04 bits per heavy atom. The maximum absolute atomic E-state index is 12.0. The minimum absolute atomic E-state index is 0.0227. The molecule has 0 atom stereocenters. The lowest BCUT2D eigenvalue weighted by atomic mass is 10.2. The Morgan fingerprint density at radius 1 is 1.28 bits per heavy atom. The molecule has 3 rings (SSSR count). The third-order valence-electron chi connectivity index (χ3n) is 3.96. The Bertz CT molecular complexity index is 758. The zero-order valence-electron chi connectivity index (χ0n) is 13.9. The van der Waals surface area contributed by atoms with Gasteiger partial charge in [0.25, 0.3) is 5.56 Å². The van der Waals surface area contributed by atoms with E-state index in [9.17, 15) is 9.59 Å². The number of para-hydroxylation sites is 1. The van der Waals surface area contributed by atoms with Gasteiger partial charge < -0.3 is 15.0 Å². The predicted octanol–water partition coefficient (Wildman–Crippen LogP) is 2.50. The normalized spacial score (nSPS) is 14.4. The highest BCUT2D eigenvalue weighted by molar-refractivity contribution is 7.99. The number of carbonyl (C=O) groups is 1. The van der Waals surface area contributed by atoms with Gasteiger partial charge in [-0.2, -0.15) is 0 Å². The van der Waals surface area contributed by atoms with Gasteiger partial charge in [-0.05, 0) is 25.0 Å². The summed E-state index contributed by atoms with van der Waals surface area (Å²) in [4.78, 5) is 30.8. The number of rotatable bonds is 7. The molecule has 1 heterocycles. The second-order valence-electron chi connectivity index (χ2n) is 5.98. The van der Waals surface area contributed by atoms with E-state index in [1.54, 1.807) is 0 Å². The fourth-order valence-corrected chi connectivity index (χ4v) is 3.48. The molecule has 1 aliphatic rings. The largest absolute Gasteiger partial charge is 0.487 e.